The predicted octanol–water partition coefficient (Wildman–Crippen LogP) is 6.53. The van der Waals surface area contributed by atoms with Crippen LogP contribution in [0.1, 0.15) is 40.3 Å². The summed E-state index contributed by atoms with van der Waals surface area (Å²) in [6.45, 7) is 8.34. The topological polar surface area (TPSA) is 75.7 Å². The van der Waals surface area contributed by atoms with Crippen molar-refractivity contribution in [3.63, 3.8) is 0 Å². The highest BCUT2D eigenvalue weighted by Crippen LogP contribution is 2.32. The second-order valence-electron chi connectivity index (χ2n) is 8.98. The summed E-state index contributed by atoms with van der Waals surface area (Å²) in [4.78, 5) is 39.5. The van der Waals surface area contributed by atoms with Crippen molar-refractivity contribution in [3.05, 3.63) is 96.1 Å². The van der Waals surface area contributed by atoms with Gasteiger partial charge >= 0.3 is 6.03 Å². The Morgan fingerprint density at radius 1 is 1.00 bits per heavy atom. The number of hydrogen-bond acceptors (Lipinski definition) is 4. The van der Waals surface area contributed by atoms with Gasteiger partial charge in [0.05, 0.1) is 12.3 Å². The number of amides is 4. The fourth-order valence-corrected chi connectivity index (χ4v) is 5.32. The lowest BCUT2D eigenvalue weighted by molar-refractivity contribution is -0.122. The fraction of sp³-hybridized carbons (Fsp3) is 0.207. The van der Waals surface area contributed by atoms with Crippen molar-refractivity contribution in [1.29, 1.82) is 0 Å². The van der Waals surface area contributed by atoms with Gasteiger partial charge in [-0.25, -0.2) is 9.69 Å². The number of barbiturate groups is 1. The molecule has 0 unspecified atom stereocenters. The fourth-order valence-electron chi connectivity index (χ4n) is 4.33. The van der Waals surface area contributed by atoms with Gasteiger partial charge in [-0.3, -0.25) is 14.9 Å². The van der Waals surface area contributed by atoms with E-state index < -0.39 is 17.8 Å². The normalized spacial score (nSPS) is 14.8. The number of anilines is 1. The molecule has 190 valence electrons. The molecule has 3 aromatic rings. The number of halogens is 2. The van der Waals surface area contributed by atoms with Gasteiger partial charge in [0.1, 0.15) is 11.3 Å². The van der Waals surface area contributed by atoms with E-state index in [1.165, 1.54) is 28.8 Å². The molecule has 8 heteroatoms. The Labute approximate surface area is 234 Å². The lowest BCUT2D eigenvalue weighted by Crippen LogP contribution is -2.54. The summed E-state index contributed by atoms with van der Waals surface area (Å²) in [6, 6.07) is 14.2. The number of rotatable bonds is 6. The van der Waals surface area contributed by atoms with Gasteiger partial charge in [0.25, 0.3) is 11.8 Å². The van der Waals surface area contributed by atoms with Crippen molar-refractivity contribution >= 4 is 63.8 Å². The summed E-state index contributed by atoms with van der Waals surface area (Å²) in [5.41, 5.74) is 6.14. The molecule has 37 heavy (non-hydrogen) atoms. The molecule has 1 heterocycles. The molecule has 1 saturated heterocycles. The van der Waals surface area contributed by atoms with E-state index in [0.29, 0.717) is 29.4 Å². The summed E-state index contributed by atoms with van der Waals surface area (Å²) < 4.78 is 6.91. The summed E-state index contributed by atoms with van der Waals surface area (Å²) in [5.74, 6) is -0.792. The number of aryl methyl sites for hydroxylation is 3. The van der Waals surface area contributed by atoms with Crippen molar-refractivity contribution < 1.29 is 19.1 Å². The standard InChI is InChI=1S/C29H26ClIN2O4/c1-5-37-26-14-20(13-25(31)22(26)11-19-9-16(2)8-17(3)10-19)12-23-27(34)32-29(36)33(28(23)35)21-7-6-18(4)24(30)15-21/h6-10,12-15H,5,11H2,1-4H3,(H,32,34,36)/b23-12+. The monoisotopic (exact) mass is 628 g/mol. The summed E-state index contributed by atoms with van der Waals surface area (Å²) >= 11 is 8.46. The molecule has 1 aliphatic heterocycles. The van der Waals surface area contributed by atoms with E-state index in [1.807, 2.05) is 26.0 Å². The third kappa shape index (κ3) is 5.88. The maximum atomic E-state index is 13.3. The Balaban J connectivity index is 1.73. The number of ether oxygens (including phenoxy) is 1. The van der Waals surface area contributed by atoms with Crippen LogP contribution in [0.3, 0.4) is 0 Å². The Kier molecular flexibility index (Phi) is 8.04. The number of nitrogens with zero attached hydrogens (tertiary/aromatic N) is 1. The number of nitrogens with one attached hydrogen (secondary N) is 1. The minimum Gasteiger partial charge on any atom is -0.494 e. The number of hydrogen-bond donors (Lipinski definition) is 1. The van der Waals surface area contributed by atoms with Crippen LogP contribution in [-0.2, 0) is 16.0 Å². The van der Waals surface area contributed by atoms with Crippen LogP contribution >= 0.6 is 34.2 Å². The Bertz CT molecular complexity index is 1440. The largest absolute Gasteiger partial charge is 0.494 e. The van der Waals surface area contributed by atoms with Crippen LogP contribution in [0.4, 0.5) is 10.5 Å². The molecule has 0 aliphatic carbocycles. The van der Waals surface area contributed by atoms with Crippen LogP contribution < -0.4 is 15.0 Å². The molecule has 0 spiro atoms. The molecule has 1 aliphatic rings. The van der Waals surface area contributed by atoms with E-state index in [4.69, 9.17) is 16.3 Å². The van der Waals surface area contributed by atoms with Crippen molar-refractivity contribution in [2.75, 3.05) is 11.5 Å². The van der Waals surface area contributed by atoms with Gasteiger partial charge in [0, 0.05) is 20.6 Å². The highest BCUT2D eigenvalue weighted by atomic mass is 127. The first-order valence-electron chi connectivity index (χ1n) is 11.8. The SMILES string of the molecule is CCOc1cc(/C=C2\C(=O)NC(=O)N(c3ccc(C)c(Cl)c3)C2=O)cc(I)c1Cc1cc(C)cc(C)c1. The molecule has 0 atom stereocenters. The lowest BCUT2D eigenvalue weighted by atomic mass is 9.98. The first kappa shape index (κ1) is 26.9. The molecule has 0 saturated carbocycles. The van der Waals surface area contributed by atoms with Gasteiger partial charge in [-0.1, -0.05) is 47.0 Å². The minimum absolute atomic E-state index is 0.156. The second-order valence-corrected chi connectivity index (χ2v) is 10.5. The van der Waals surface area contributed by atoms with Crippen LogP contribution in [0.25, 0.3) is 6.08 Å². The average molecular weight is 629 g/mol. The van der Waals surface area contributed by atoms with Crippen molar-refractivity contribution in [2.45, 2.75) is 34.1 Å². The van der Waals surface area contributed by atoms with Crippen molar-refractivity contribution in [2.24, 2.45) is 0 Å². The Hall–Kier alpha value is -3.17. The molecule has 0 radical (unpaired) electrons. The highest BCUT2D eigenvalue weighted by molar-refractivity contribution is 14.1. The summed E-state index contributed by atoms with van der Waals surface area (Å²) in [7, 11) is 0. The van der Waals surface area contributed by atoms with E-state index in [2.05, 4.69) is 60.0 Å². The lowest BCUT2D eigenvalue weighted by Gasteiger charge is -2.26. The van der Waals surface area contributed by atoms with Crippen LogP contribution in [0, 0.1) is 24.3 Å². The van der Waals surface area contributed by atoms with Gasteiger partial charge in [-0.05, 0) is 97.3 Å². The number of carbonyl (C=O) groups excluding carboxylic acids is 3. The first-order valence-corrected chi connectivity index (χ1v) is 13.2. The molecule has 0 aromatic heterocycles. The molecule has 0 bridgehead atoms. The zero-order valence-electron chi connectivity index (χ0n) is 20.9. The zero-order chi connectivity index (χ0) is 26.9. The van der Waals surface area contributed by atoms with Gasteiger partial charge in [0.2, 0.25) is 0 Å². The molecule has 3 aromatic carbocycles. The molecular formula is C29H26ClIN2O4. The summed E-state index contributed by atoms with van der Waals surface area (Å²) in [5, 5.41) is 2.67. The number of carbonyl (C=O) groups is 3. The van der Waals surface area contributed by atoms with E-state index in [0.717, 1.165) is 19.6 Å². The van der Waals surface area contributed by atoms with Crippen LogP contribution in [-0.4, -0.2) is 24.5 Å². The number of imide groups is 2. The predicted molar refractivity (Wildman–Crippen MR) is 154 cm³/mol. The summed E-state index contributed by atoms with van der Waals surface area (Å²) in [6.07, 6.45) is 2.17. The van der Waals surface area contributed by atoms with E-state index in [1.54, 1.807) is 12.1 Å². The molecular weight excluding hydrogens is 603 g/mol. The quantitative estimate of drug-likeness (QED) is 0.192. The smallest absolute Gasteiger partial charge is 0.335 e. The van der Waals surface area contributed by atoms with Gasteiger partial charge in [-0.15, -0.1) is 0 Å². The van der Waals surface area contributed by atoms with Gasteiger partial charge in [-0.2, -0.15) is 0 Å². The highest BCUT2D eigenvalue weighted by Gasteiger charge is 2.37. The molecule has 6 nitrogen and oxygen atoms in total. The zero-order valence-corrected chi connectivity index (χ0v) is 23.9. The second kappa shape index (κ2) is 11.1. The molecule has 4 amide bonds. The molecule has 1 fully saturated rings. The number of urea groups is 1. The average Bonchev–Trinajstić information content (AvgIpc) is 2.80. The van der Waals surface area contributed by atoms with Crippen LogP contribution in [0.5, 0.6) is 5.75 Å². The van der Waals surface area contributed by atoms with Gasteiger partial charge < -0.3 is 4.74 Å². The third-order valence-electron chi connectivity index (χ3n) is 5.97. The van der Waals surface area contributed by atoms with E-state index in [-0.39, 0.29) is 11.3 Å². The Morgan fingerprint density at radius 2 is 1.70 bits per heavy atom. The molecule has 4 rings (SSSR count). The van der Waals surface area contributed by atoms with E-state index in [9.17, 15) is 14.4 Å². The first-order chi connectivity index (χ1) is 17.6. The van der Waals surface area contributed by atoms with Crippen molar-refractivity contribution in [3.8, 4) is 5.75 Å². The Morgan fingerprint density at radius 3 is 2.35 bits per heavy atom. The van der Waals surface area contributed by atoms with Crippen LogP contribution in [0.15, 0.2) is 54.1 Å². The minimum atomic E-state index is -0.819. The maximum Gasteiger partial charge on any atom is 0.335 e. The van der Waals surface area contributed by atoms with Crippen molar-refractivity contribution in [1.82, 2.24) is 5.32 Å². The maximum absolute atomic E-state index is 13.3. The number of benzene rings is 3. The van der Waals surface area contributed by atoms with Crippen LogP contribution in [0.2, 0.25) is 5.02 Å². The van der Waals surface area contributed by atoms with Gasteiger partial charge in [0.15, 0.2) is 0 Å². The third-order valence-corrected chi connectivity index (χ3v) is 7.34. The molecule has 1 N–H and O–H groups in total. The van der Waals surface area contributed by atoms with E-state index >= 15 is 0 Å².